The Bertz CT molecular complexity index is 672. The van der Waals surface area contributed by atoms with Crippen LogP contribution in [0.25, 0.3) is 4.85 Å². The lowest BCUT2D eigenvalue weighted by Crippen LogP contribution is -2.01. The Morgan fingerprint density at radius 2 is 1.75 bits per heavy atom. The molecule has 0 fully saturated rings. The first kappa shape index (κ1) is 14.6. The Kier molecular flexibility index (Phi) is 4.79. The van der Waals surface area contributed by atoms with Crippen LogP contribution in [0, 0.1) is 6.57 Å². The number of hydrogen-bond acceptors (Lipinski definition) is 1. The molecule has 0 bridgehead atoms. The van der Waals surface area contributed by atoms with Crippen molar-refractivity contribution in [1.82, 2.24) is 0 Å². The van der Waals surface area contributed by atoms with Gasteiger partial charge in [-0.2, -0.15) is 0 Å². The van der Waals surface area contributed by atoms with Gasteiger partial charge < -0.3 is 0 Å². The van der Waals surface area contributed by atoms with E-state index in [1.807, 2.05) is 12.1 Å². The molecule has 0 spiro atoms. The summed E-state index contributed by atoms with van der Waals surface area (Å²) in [5.41, 5.74) is 1.92. The van der Waals surface area contributed by atoms with Crippen LogP contribution in [-0.4, -0.2) is 5.78 Å². The van der Waals surface area contributed by atoms with Gasteiger partial charge in [0, 0.05) is 22.0 Å². The SMILES string of the molecule is [C-]#[N+]c1cc(Cl)cc(C(=O)CCc2ccc(Cl)cc2)c1. The van der Waals surface area contributed by atoms with E-state index in [4.69, 9.17) is 29.8 Å². The molecule has 0 saturated carbocycles. The number of halogens is 2. The van der Waals surface area contributed by atoms with Crippen molar-refractivity contribution in [3.8, 4) is 0 Å². The first-order valence-electron chi connectivity index (χ1n) is 6.04. The monoisotopic (exact) mass is 303 g/mol. The normalized spacial score (nSPS) is 10.1. The van der Waals surface area contributed by atoms with Crippen LogP contribution in [0.15, 0.2) is 42.5 Å². The average Bonchev–Trinajstić information content (AvgIpc) is 2.45. The van der Waals surface area contributed by atoms with Crippen LogP contribution in [0.4, 0.5) is 5.69 Å². The Hall–Kier alpha value is -1.82. The molecular weight excluding hydrogens is 293 g/mol. The van der Waals surface area contributed by atoms with E-state index in [9.17, 15) is 4.79 Å². The molecule has 100 valence electrons. The summed E-state index contributed by atoms with van der Waals surface area (Å²) < 4.78 is 0. The quantitative estimate of drug-likeness (QED) is 0.550. The van der Waals surface area contributed by atoms with Crippen LogP contribution in [0.2, 0.25) is 10.0 Å². The van der Waals surface area contributed by atoms with Gasteiger partial charge >= 0.3 is 0 Å². The Morgan fingerprint density at radius 3 is 2.40 bits per heavy atom. The molecule has 0 radical (unpaired) electrons. The van der Waals surface area contributed by atoms with Crippen LogP contribution in [0.1, 0.15) is 22.3 Å². The molecule has 20 heavy (non-hydrogen) atoms. The number of nitrogens with zero attached hydrogens (tertiary/aromatic N) is 1. The zero-order chi connectivity index (χ0) is 14.5. The Morgan fingerprint density at radius 1 is 1.05 bits per heavy atom. The highest BCUT2D eigenvalue weighted by molar-refractivity contribution is 6.31. The number of benzene rings is 2. The summed E-state index contributed by atoms with van der Waals surface area (Å²) in [6, 6.07) is 12.1. The molecule has 0 N–H and O–H groups in total. The second-order valence-electron chi connectivity index (χ2n) is 4.36. The van der Waals surface area contributed by atoms with Crippen LogP contribution >= 0.6 is 23.2 Å². The fourth-order valence-corrected chi connectivity index (χ4v) is 2.21. The smallest absolute Gasteiger partial charge is 0.189 e. The van der Waals surface area contributed by atoms with Gasteiger partial charge in [0.25, 0.3) is 0 Å². The maximum Gasteiger partial charge on any atom is 0.189 e. The van der Waals surface area contributed by atoms with E-state index in [0.717, 1.165) is 5.56 Å². The van der Waals surface area contributed by atoms with Crippen molar-refractivity contribution in [1.29, 1.82) is 0 Å². The van der Waals surface area contributed by atoms with Crippen molar-refractivity contribution in [2.75, 3.05) is 0 Å². The average molecular weight is 304 g/mol. The van der Waals surface area contributed by atoms with Crippen molar-refractivity contribution < 1.29 is 4.79 Å². The lowest BCUT2D eigenvalue weighted by molar-refractivity contribution is 0.0983. The highest BCUT2D eigenvalue weighted by atomic mass is 35.5. The number of aryl methyl sites for hydroxylation is 1. The summed E-state index contributed by atoms with van der Waals surface area (Å²) in [6.45, 7) is 6.98. The van der Waals surface area contributed by atoms with Gasteiger partial charge in [-0.25, -0.2) is 4.85 Å². The molecule has 0 atom stereocenters. The van der Waals surface area contributed by atoms with Crippen LogP contribution < -0.4 is 0 Å². The van der Waals surface area contributed by atoms with E-state index >= 15 is 0 Å². The molecule has 2 aromatic rings. The predicted molar refractivity (Wildman–Crippen MR) is 81.8 cm³/mol. The number of rotatable bonds is 4. The highest BCUT2D eigenvalue weighted by Crippen LogP contribution is 2.23. The van der Waals surface area contributed by atoms with Gasteiger partial charge in [-0.15, -0.1) is 0 Å². The van der Waals surface area contributed by atoms with E-state index in [0.29, 0.717) is 34.1 Å². The van der Waals surface area contributed by atoms with Crippen molar-refractivity contribution in [3.63, 3.8) is 0 Å². The topological polar surface area (TPSA) is 21.4 Å². The summed E-state index contributed by atoms with van der Waals surface area (Å²) in [7, 11) is 0. The summed E-state index contributed by atoms with van der Waals surface area (Å²) in [5, 5.41) is 1.09. The van der Waals surface area contributed by atoms with Crippen molar-refractivity contribution >= 4 is 34.7 Å². The predicted octanol–water partition coefficient (Wildman–Crippen LogP) is 5.36. The minimum absolute atomic E-state index is 0.0210. The molecule has 2 nitrogen and oxygen atoms in total. The zero-order valence-corrected chi connectivity index (χ0v) is 12.1. The van der Waals surface area contributed by atoms with Gasteiger partial charge in [-0.3, -0.25) is 4.79 Å². The molecule has 0 aliphatic carbocycles. The van der Waals surface area contributed by atoms with Crippen LogP contribution in [0.5, 0.6) is 0 Å². The summed E-state index contributed by atoms with van der Waals surface area (Å²) >= 11 is 11.7. The van der Waals surface area contributed by atoms with Gasteiger partial charge in [0.2, 0.25) is 0 Å². The van der Waals surface area contributed by atoms with Crippen molar-refractivity contribution in [3.05, 3.63) is 75.1 Å². The van der Waals surface area contributed by atoms with Crippen LogP contribution in [0.3, 0.4) is 0 Å². The fraction of sp³-hybridized carbons (Fsp3) is 0.125. The van der Waals surface area contributed by atoms with E-state index < -0.39 is 0 Å². The minimum Gasteiger partial charge on any atom is -0.294 e. The lowest BCUT2D eigenvalue weighted by Gasteiger charge is -2.04. The number of carbonyl (C=O) groups excluding carboxylic acids is 1. The third-order valence-corrected chi connectivity index (χ3v) is 3.36. The Balaban J connectivity index is 2.07. The highest BCUT2D eigenvalue weighted by Gasteiger charge is 2.08. The number of ketones is 1. The molecule has 2 aromatic carbocycles. The third kappa shape index (κ3) is 3.84. The van der Waals surface area contributed by atoms with Gasteiger partial charge in [0.05, 0.1) is 6.57 Å². The molecular formula is C16H11Cl2NO. The first-order valence-corrected chi connectivity index (χ1v) is 6.80. The van der Waals surface area contributed by atoms with Gasteiger partial charge in [-0.1, -0.05) is 35.3 Å². The first-order chi connectivity index (χ1) is 9.58. The zero-order valence-electron chi connectivity index (χ0n) is 10.6. The summed E-state index contributed by atoms with van der Waals surface area (Å²) in [4.78, 5) is 15.4. The largest absolute Gasteiger partial charge is 0.294 e. The maximum absolute atomic E-state index is 12.1. The maximum atomic E-state index is 12.1. The Labute approximate surface area is 127 Å². The molecule has 0 aromatic heterocycles. The number of carbonyl (C=O) groups is 1. The number of hydrogen-bond donors (Lipinski definition) is 0. The van der Waals surface area contributed by atoms with Crippen molar-refractivity contribution in [2.24, 2.45) is 0 Å². The van der Waals surface area contributed by atoms with E-state index in [1.165, 1.54) is 0 Å². The van der Waals surface area contributed by atoms with Crippen LogP contribution in [-0.2, 0) is 6.42 Å². The molecule has 0 aliphatic rings. The summed E-state index contributed by atoms with van der Waals surface area (Å²) in [5.74, 6) is -0.0210. The molecule has 4 heteroatoms. The van der Waals surface area contributed by atoms with E-state index in [2.05, 4.69) is 4.85 Å². The molecule has 0 unspecified atom stereocenters. The lowest BCUT2D eigenvalue weighted by atomic mass is 10.0. The summed E-state index contributed by atoms with van der Waals surface area (Å²) in [6.07, 6.45) is 1.01. The van der Waals surface area contributed by atoms with Crippen molar-refractivity contribution in [2.45, 2.75) is 12.8 Å². The molecule has 0 aliphatic heterocycles. The molecule has 0 amide bonds. The number of Topliss-reactive ketones (excluding diaryl/α,β-unsaturated/α-hetero) is 1. The molecule has 2 rings (SSSR count). The minimum atomic E-state index is -0.0210. The van der Waals surface area contributed by atoms with Gasteiger partial charge in [-0.05, 0) is 42.3 Å². The second-order valence-corrected chi connectivity index (χ2v) is 5.23. The van der Waals surface area contributed by atoms with E-state index in [1.54, 1.807) is 30.3 Å². The van der Waals surface area contributed by atoms with Gasteiger partial charge in [0.15, 0.2) is 11.5 Å². The molecule has 0 saturated heterocycles. The molecule has 0 heterocycles. The second kappa shape index (κ2) is 6.56. The third-order valence-electron chi connectivity index (χ3n) is 2.89. The fourth-order valence-electron chi connectivity index (χ4n) is 1.85. The van der Waals surface area contributed by atoms with E-state index in [-0.39, 0.29) is 5.78 Å². The standard InChI is InChI=1S/C16H11Cl2NO/c1-19-15-9-12(8-14(18)10-15)16(20)7-4-11-2-5-13(17)6-3-11/h2-3,5-6,8-10H,4,7H2. The van der Waals surface area contributed by atoms with Gasteiger partial charge in [0.1, 0.15) is 0 Å².